The average molecular weight is 346 g/mol. The van der Waals surface area contributed by atoms with Gasteiger partial charge in [-0.25, -0.2) is 9.97 Å². The molecule has 4 aromatic rings. The van der Waals surface area contributed by atoms with E-state index in [4.69, 9.17) is 15.5 Å². The van der Waals surface area contributed by atoms with Gasteiger partial charge in [0.2, 0.25) is 0 Å². The molecule has 5 heteroatoms. The number of aromatic nitrogens is 3. The first kappa shape index (κ1) is 16.4. The largest absolute Gasteiger partial charge is 0.492 e. The second kappa shape index (κ2) is 6.67. The van der Waals surface area contributed by atoms with E-state index in [2.05, 4.69) is 29.5 Å². The zero-order chi connectivity index (χ0) is 18.1. The Kier molecular flexibility index (Phi) is 4.21. The molecular weight excluding hydrogens is 324 g/mol. The molecule has 0 bridgehead atoms. The van der Waals surface area contributed by atoms with E-state index in [1.165, 1.54) is 0 Å². The van der Waals surface area contributed by atoms with Gasteiger partial charge in [-0.3, -0.25) is 0 Å². The Morgan fingerprint density at radius 2 is 1.73 bits per heavy atom. The Balaban J connectivity index is 1.79. The van der Waals surface area contributed by atoms with Crippen LogP contribution in [0.25, 0.3) is 21.9 Å². The quantitative estimate of drug-likeness (QED) is 0.583. The lowest BCUT2D eigenvalue weighted by atomic mass is 10.2. The molecule has 5 nitrogen and oxygen atoms in total. The monoisotopic (exact) mass is 346 g/mol. The van der Waals surface area contributed by atoms with Crippen molar-refractivity contribution >= 4 is 27.8 Å². The van der Waals surface area contributed by atoms with E-state index in [1.807, 2.05) is 48.5 Å². The van der Waals surface area contributed by atoms with Crippen molar-refractivity contribution in [3.8, 4) is 5.75 Å². The number of hydrogen-bond donors (Lipinski definition) is 1. The van der Waals surface area contributed by atoms with E-state index in [-0.39, 0.29) is 5.92 Å². The predicted octanol–water partition coefficient (Wildman–Crippen LogP) is 4.37. The summed E-state index contributed by atoms with van der Waals surface area (Å²) in [6.07, 6.45) is 0. The predicted molar refractivity (Wildman–Crippen MR) is 105 cm³/mol. The molecule has 0 atom stereocenters. The second-order valence-corrected chi connectivity index (χ2v) is 6.65. The normalized spacial score (nSPS) is 11.5. The first-order valence-electron chi connectivity index (χ1n) is 8.87. The average Bonchev–Trinajstić information content (AvgIpc) is 3.04. The van der Waals surface area contributed by atoms with Crippen molar-refractivity contribution in [2.45, 2.75) is 26.3 Å². The van der Waals surface area contributed by atoms with Crippen LogP contribution >= 0.6 is 0 Å². The van der Waals surface area contributed by atoms with Gasteiger partial charge in [0.25, 0.3) is 0 Å². The van der Waals surface area contributed by atoms with Gasteiger partial charge in [0.15, 0.2) is 5.82 Å². The molecular formula is C21H22N4O. The summed E-state index contributed by atoms with van der Waals surface area (Å²) in [7, 11) is 0. The molecule has 26 heavy (non-hydrogen) atoms. The maximum absolute atomic E-state index is 6.21. The third-order valence-electron chi connectivity index (χ3n) is 4.48. The topological polar surface area (TPSA) is 66.0 Å². The highest BCUT2D eigenvalue weighted by Crippen LogP contribution is 2.30. The lowest BCUT2D eigenvalue weighted by molar-refractivity contribution is 0.297. The van der Waals surface area contributed by atoms with Gasteiger partial charge in [-0.1, -0.05) is 50.2 Å². The van der Waals surface area contributed by atoms with Crippen molar-refractivity contribution in [1.29, 1.82) is 0 Å². The third kappa shape index (κ3) is 2.86. The highest BCUT2D eigenvalue weighted by atomic mass is 16.5. The minimum atomic E-state index is 0.275. The fourth-order valence-corrected chi connectivity index (χ4v) is 3.31. The number of rotatable bonds is 5. The standard InChI is InChI=1S/C21H22N4O/c1-14(2)21-24-18-19(16-10-6-7-11-17(16)23-20(18)22)25(21)12-13-26-15-8-4-3-5-9-15/h3-11,14H,12-13H2,1-2H3,(H2,22,23). The molecule has 0 spiro atoms. The van der Waals surface area contributed by atoms with E-state index >= 15 is 0 Å². The summed E-state index contributed by atoms with van der Waals surface area (Å²) in [5, 5.41) is 1.07. The summed E-state index contributed by atoms with van der Waals surface area (Å²) in [6, 6.07) is 17.9. The number of nitrogen functional groups attached to an aromatic ring is 1. The Morgan fingerprint density at radius 3 is 2.50 bits per heavy atom. The van der Waals surface area contributed by atoms with Gasteiger partial charge >= 0.3 is 0 Å². The Bertz CT molecular complexity index is 1050. The lowest BCUT2D eigenvalue weighted by Crippen LogP contribution is -2.12. The number of hydrogen-bond acceptors (Lipinski definition) is 4. The van der Waals surface area contributed by atoms with Crippen molar-refractivity contribution in [2.24, 2.45) is 0 Å². The maximum Gasteiger partial charge on any atom is 0.152 e. The van der Waals surface area contributed by atoms with Crippen LogP contribution in [0.2, 0.25) is 0 Å². The van der Waals surface area contributed by atoms with Crippen LogP contribution in [0.5, 0.6) is 5.75 Å². The number of nitrogens with zero attached hydrogens (tertiary/aromatic N) is 3. The molecule has 0 aliphatic carbocycles. The third-order valence-corrected chi connectivity index (χ3v) is 4.48. The molecule has 132 valence electrons. The van der Waals surface area contributed by atoms with Crippen LogP contribution in [0, 0.1) is 0 Å². The van der Waals surface area contributed by atoms with E-state index in [1.54, 1.807) is 0 Å². The van der Waals surface area contributed by atoms with Crippen LogP contribution in [0.1, 0.15) is 25.6 Å². The molecule has 0 saturated carbocycles. The van der Waals surface area contributed by atoms with Gasteiger partial charge in [0.1, 0.15) is 23.7 Å². The van der Waals surface area contributed by atoms with Crippen molar-refractivity contribution in [3.05, 3.63) is 60.4 Å². The molecule has 0 fully saturated rings. The molecule has 2 heterocycles. The number of imidazole rings is 1. The summed E-state index contributed by atoms with van der Waals surface area (Å²) in [5.74, 6) is 2.62. The smallest absolute Gasteiger partial charge is 0.152 e. The number of para-hydroxylation sites is 2. The van der Waals surface area contributed by atoms with Crippen molar-refractivity contribution in [2.75, 3.05) is 12.3 Å². The number of pyridine rings is 1. The number of fused-ring (bicyclic) bond motifs is 3. The summed E-state index contributed by atoms with van der Waals surface area (Å²) < 4.78 is 8.14. The van der Waals surface area contributed by atoms with Crippen molar-refractivity contribution in [3.63, 3.8) is 0 Å². The summed E-state index contributed by atoms with van der Waals surface area (Å²) >= 11 is 0. The molecule has 0 radical (unpaired) electrons. The van der Waals surface area contributed by atoms with Gasteiger partial charge in [-0.05, 0) is 18.2 Å². The molecule has 2 aromatic carbocycles. The molecule has 4 rings (SSSR count). The van der Waals surface area contributed by atoms with Crippen molar-refractivity contribution < 1.29 is 4.74 Å². The maximum atomic E-state index is 6.21. The molecule has 0 saturated heterocycles. The van der Waals surface area contributed by atoms with Crippen LogP contribution in [0.4, 0.5) is 5.82 Å². The van der Waals surface area contributed by atoms with Crippen LogP contribution in [-0.4, -0.2) is 21.1 Å². The minimum Gasteiger partial charge on any atom is -0.492 e. The van der Waals surface area contributed by atoms with Crippen LogP contribution in [-0.2, 0) is 6.54 Å². The van der Waals surface area contributed by atoms with Gasteiger partial charge in [-0.2, -0.15) is 0 Å². The van der Waals surface area contributed by atoms with Gasteiger partial charge in [0.05, 0.1) is 17.6 Å². The van der Waals surface area contributed by atoms with Gasteiger partial charge in [0, 0.05) is 11.3 Å². The summed E-state index contributed by atoms with van der Waals surface area (Å²) in [4.78, 5) is 9.32. The zero-order valence-electron chi connectivity index (χ0n) is 15.0. The van der Waals surface area contributed by atoms with E-state index in [0.717, 1.165) is 33.5 Å². The van der Waals surface area contributed by atoms with Crippen LogP contribution in [0.3, 0.4) is 0 Å². The van der Waals surface area contributed by atoms with E-state index in [9.17, 15) is 0 Å². The van der Waals surface area contributed by atoms with Gasteiger partial charge < -0.3 is 15.0 Å². The van der Waals surface area contributed by atoms with Crippen molar-refractivity contribution in [1.82, 2.24) is 14.5 Å². The molecule has 0 aliphatic rings. The Hall–Kier alpha value is -3.08. The highest BCUT2D eigenvalue weighted by Gasteiger charge is 2.18. The molecule has 2 aromatic heterocycles. The minimum absolute atomic E-state index is 0.275. The number of benzene rings is 2. The first-order chi connectivity index (χ1) is 12.6. The summed E-state index contributed by atoms with van der Waals surface area (Å²) in [5.41, 5.74) is 8.90. The summed E-state index contributed by atoms with van der Waals surface area (Å²) in [6.45, 7) is 5.54. The SMILES string of the molecule is CC(C)c1nc2c(N)nc3ccccc3c2n1CCOc1ccccc1. The first-order valence-corrected chi connectivity index (χ1v) is 8.87. The van der Waals surface area contributed by atoms with E-state index < -0.39 is 0 Å². The second-order valence-electron chi connectivity index (χ2n) is 6.65. The number of nitrogens with two attached hydrogens (primary N) is 1. The highest BCUT2D eigenvalue weighted by molar-refractivity contribution is 6.06. The fraction of sp³-hybridized carbons (Fsp3) is 0.238. The molecule has 0 amide bonds. The number of anilines is 1. The van der Waals surface area contributed by atoms with Crippen LogP contribution in [0.15, 0.2) is 54.6 Å². The molecule has 0 aliphatic heterocycles. The van der Waals surface area contributed by atoms with E-state index in [0.29, 0.717) is 19.0 Å². The lowest BCUT2D eigenvalue weighted by Gasteiger charge is -2.13. The Morgan fingerprint density at radius 1 is 1.00 bits per heavy atom. The fourth-order valence-electron chi connectivity index (χ4n) is 3.31. The van der Waals surface area contributed by atoms with Crippen LogP contribution < -0.4 is 10.5 Å². The van der Waals surface area contributed by atoms with Gasteiger partial charge in [-0.15, -0.1) is 0 Å². The Labute approximate surface area is 152 Å². The zero-order valence-corrected chi connectivity index (χ0v) is 15.0. The molecule has 2 N–H and O–H groups in total. The molecule has 0 unspecified atom stereocenters. The number of ether oxygens (including phenoxy) is 1.